The zero-order chi connectivity index (χ0) is 18.8. The van der Waals surface area contributed by atoms with Gasteiger partial charge in [-0.25, -0.2) is 25.9 Å². The molecule has 136 valence electrons. The molecule has 2 aromatic carbocycles. The van der Waals surface area contributed by atoms with E-state index in [0.717, 1.165) is 4.31 Å². The molecule has 0 unspecified atom stereocenters. The molecule has 1 N–H and O–H groups in total. The van der Waals surface area contributed by atoms with Crippen molar-refractivity contribution >= 4 is 43.2 Å². The summed E-state index contributed by atoms with van der Waals surface area (Å²) in [5, 5.41) is 0.803. The van der Waals surface area contributed by atoms with Crippen molar-refractivity contribution < 1.29 is 16.8 Å². The monoisotopic (exact) mass is 422 g/mol. The minimum atomic E-state index is -3.82. The summed E-state index contributed by atoms with van der Waals surface area (Å²) >= 11 is 11.8. The van der Waals surface area contributed by atoms with E-state index in [2.05, 4.69) is 4.72 Å². The van der Waals surface area contributed by atoms with Gasteiger partial charge in [-0.05, 0) is 42.0 Å². The van der Waals surface area contributed by atoms with Crippen molar-refractivity contribution in [1.29, 1.82) is 0 Å². The summed E-state index contributed by atoms with van der Waals surface area (Å²) in [4.78, 5) is -0.0347. The zero-order valence-corrected chi connectivity index (χ0v) is 16.5. The van der Waals surface area contributed by atoms with Gasteiger partial charge in [0.05, 0.1) is 9.79 Å². The van der Waals surface area contributed by atoms with Gasteiger partial charge in [0, 0.05) is 30.7 Å². The van der Waals surface area contributed by atoms with E-state index in [1.54, 1.807) is 12.1 Å². The van der Waals surface area contributed by atoms with Crippen LogP contribution in [-0.2, 0) is 26.6 Å². The molecule has 0 aromatic heterocycles. The van der Waals surface area contributed by atoms with E-state index in [0.29, 0.717) is 15.6 Å². The van der Waals surface area contributed by atoms with Crippen LogP contribution in [0, 0.1) is 0 Å². The quantitative estimate of drug-likeness (QED) is 0.775. The highest BCUT2D eigenvalue weighted by Gasteiger charge is 2.19. The zero-order valence-electron chi connectivity index (χ0n) is 13.4. The number of nitrogens with one attached hydrogen (secondary N) is 1. The van der Waals surface area contributed by atoms with E-state index in [9.17, 15) is 16.8 Å². The lowest BCUT2D eigenvalue weighted by atomic mass is 10.2. The maximum absolute atomic E-state index is 12.3. The number of nitrogens with zero attached hydrogens (tertiary/aromatic N) is 1. The van der Waals surface area contributed by atoms with Crippen LogP contribution in [0.1, 0.15) is 5.56 Å². The molecule has 0 bridgehead atoms. The molecule has 0 spiro atoms. The second-order valence-electron chi connectivity index (χ2n) is 5.32. The Morgan fingerprint density at radius 3 is 2.00 bits per heavy atom. The maximum Gasteiger partial charge on any atom is 0.242 e. The highest BCUT2D eigenvalue weighted by molar-refractivity contribution is 7.89. The van der Waals surface area contributed by atoms with Gasteiger partial charge in [-0.1, -0.05) is 29.3 Å². The van der Waals surface area contributed by atoms with Gasteiger partial charge in [-0.3, -0.25) is 0 Å². The molecule has 0 radical (unpaired) electrons. The molecule has 0 amide bonds. The molecular formula is C15H16Cl2N2O4S2. The summed E-state index contributed by atoms with van der Waals surface area (Å²) in [6, 6.07) is 9.73. The van der Waals surface area contributed by atoms with E-state index in [-0.39, 0.29) is 16.3 Å². The number of hydrogen-bond donors (Lipinski definition) is 1. The second-order valence-corrected chi connectivity index (χ2v) is 10.1. The smallest absolute Gasteiger partial charge is 0.207 e. The average molecular weight is 423 g/mol. The predicted octanol–water partition coefficient (Wildman–Crippen LogP) is 2.72. The van der Waals surface area contributed by atoms with Crippen LogP contribution in [0.2, 0.25) is 10.0 Å². The second kappa shape index (κ2) is 7.61. The minimum absolute atomic E-state index is 0.0113. The molecule has 2 aromatic rings. The molecule has 0 atom stereocenters. The molecule has 0 fully saturated rings. The van der Waals surface area contributed by atoms with Gasteiger partial charge in [0.1, 0.15) is 0 Å². The van der Waals surface area contributed by atoms with Crippen LogP contribution in [-0.4, -0.2) is 35.2 Å². The van der Waals surface area contributed by atoms with Gasteiger partial charge in [-0.2, -0.15) is 0 Å². The van der Waals surface area contributed by atoms with Gasteiger partial charge >= 0.3 is 0 Å². The Balaban J connectivity index is 2.20. The van der Waals surface area contributed by atoms with Gasteiger partial charge in [-0.15, -0.1) is 0 Å². The number of sulfonamides is 2. The number of rotatable bonds is 6. The fourth-order valence-electron chi connectivity index (χ4n) is 1.92. The molecule has 10 heteroatoms. The fraction of sp³-hybridized carbons (Fsp3) is 0.200. The minimum Gasteiger partial charge on any atom is -0.207 e. The number of benzene rings is 2. The van der Waals surface area contributed by atoms with Crippen molar-refractivity contribution in [1.82, 2.24) is 9.03 Å². The largest absolute Gasteiger partial charge is 0.242 e. The maximum atomic E-state index is 12.3. The summed E-state index contributed by atoms with van der Waals surface area (Å²) in [7, 11) is -4.63. The van der Waals surface area contributed by atoms with Crippen LogP contribution < -0.4 is 4.72 Å². The summed E-state index contributed by atoms with van der Waals surface area (Å²) in [5.41, 5.74) is 0.571. The fourth-order valence-corrected chi connectivity index (χ4v) is 4.31. The molecule has 0 saturated carbocycles. The molecule has 0 aliphatic carbocycles. The van der Waals surface area contributed by atoms with Crippen molar-refractivity contribution in [2.24, 2.45) is 0 Å². The van der Waals surface area contributed by atoms with Gasteiger partial charge in [0.25, 0.3) is 0 Å². The summed E-state index contributed by atoms with van der Waals surface area (Å²) in [6.07, 6.45) is 0. The Labute approximate surface area is 157 Å². The molecule has 0 aliphatic heterocycles. The Bertz CT molecular complexity index is 973. The van der Waals surface area contributed by atoms with Crippen LogP contribution >= 0.6 is 23.2 Å². The van der Waals surface area contributed by atoms with Crippen LogP contribution in [0.25, 0.3) is 0 Å². The van der Waals surface area contributed by atoms with Crippen LogP contribution in [0.5, 0.6) is 0 Å². The molecular weight excluding hydrogens is 407 g/mol. The lowest BCUT2D eigenvalue weighted by molar-refractivity contribution is 0.520. The Kier molecular flexibility index (Phi) is 6.13. The Hall–Kier alpha value is -1.16. The SMILES string of the molecule is CN(C)S(=O)(=O)c1ccc(S(=O)(=O)NCc2ccc(Cl)cc2Cl)cc1. The topological polar surface area (TPSA) is 83.6 Å². The first-order valence-electron chi connectivity index (χ1n) is 7.00. The molecule has 6 nitrogen and oxygen atoms in total. The number of hydrogen-bond acceptors (Lipinski definition) is 4. The van der Waals surface area contributed by atoms with Crippen molar-refractivity contribution in [3.05, 3.63) is 58.1 Å². The van der Waals surface area contributed by atoms with Crippen LogP contribution in [0.15, 0.2) is 52.3 Å². The Morgan fingerprint density at radius 1 is 0.920 bits per heavy atom. The lowest BCUT2D eigenvalue weighted by Gasteiger charge is -2.12. The average Bonchev–Trinajstić information content (AvgIpc) is 2.54. The van der Waals surface area contributed by atoms with Crippen molar-refractivity contribution in [2.75, 3.05) is 14.1 Å². The third kappa shape index (κ3) is 4.72. The highest BCUT2D eigenvalue weighted by atomic mass is 35.5. The third-order valence-corrected chi connectivity index (χ3v) is 7.21. The van der Waals surface area contributed by atoms with Gasteiger partial charge in [0.15, 0.2) is 0 Å². The van der Waals surface area contributed by atoms with E-state index in [1.165, 1.54) is 44.4 Å². The first-order chi connectivity index (χ1) is 11.5. The van der Waals surface area contributed by atoms with E-state index >= 15 is 0 Å². The molecule has 0 aliphatic rings. The Morgan fingerprint density at radius 2 is 1.48 bits per heavy atom. The summed E-state index contributed by atoms with van der Waals surface area (Å²) in [6.45, 7) is -0.0178. The van der Waals surface area contributed by atoms with Gasteiger partial charge < -0.3 is 0 Å². The third-order valence-electron chi connectivity index (χ3n) is 3.38. The normalized spacial score (nSPS) is 12.5. The molecule has 2 rings (SSSR count). The van der Waals surface area contributed by atoms with Crippen molar-refractivity contribution in [3.63, 3.8) is 0 Å². The van der Waals surface area contributed by atoms with Crippen molar-refractivity contribution in [3.8, 4) is 0 Å². The molecule has 0 saturated heterocycles. The van der Waals surface area contributed by atoms with Crippen LogP contribution in [0.3, 0.4) is 0 Å². The van der Waals surface area contributed by atoms with Crippen molar-refractivity contribution in [2.45, 2.75) is 16.3 Å². The first kappa shape index (κ1) is 20.2. The van der Waals surface area contributed by atoms with E-state index < -0.39 is 20.0 Å². The summed E-state index contributed by atoms with van der Waals surface area (Å²) < 4.78 is 52.2. The van der Waals surface area contributed by atoms with Gasteiger partial charge in [0.2, 0.25) is 20.0 Å². The highest BCUT2D eigenvalue weighted by Crippen LogP contribution is 2.22. The molecule has 25 heavy (non-hydrogen) atoms. The standard InChI is InChI=1S/C15H16Cl2N2O4S2/c1-19(2)25(22,23)14-7-5-13(6-8-14)24(20,21)18-10-11-3-4-12(16)9-15(11)17/h3-9,18H,10H2,1-2H3. The molecule has 0 heterocycles. The number of halogens is 2. The van der Waals surface area contributed by atoms with Crippen LogP contribution in [0.4, 0.5) is 0 Å². The predicted molar refractivity (Wildman–Crippen MR) is 97.8 cm³/mol. The lowest BCUT2D eigenvalue weighted by Crippen LogP contribution is -2.24. The van der Waals surface area contributed by atoms with E-state index in [1.807, 2.05) is 0 Å². The first-order valence-corrected chi connectivity index (χ1v) is 10.7. The summed E-state index contributed by atoms with van der Waals surface area (Å²) in [5.74, 6) is 0. The van der Waals surface area contributed by atoms with E-state index in [4.69, 9.17) is 23.2 Å².